The maximum Gasteiger partial charge on any atom is 0.296 e. The van der Waals surface area contributed by atoms with Crippen molar-refractivity contribution >= 4 is 67.1 Å². The molecule has 0 fully saturated rings. The Hall–Kier alpha value is -3.70. The summed E-state index contributed by atoms with van der Waals surface area (Å²) < 4.78 is 38.5. The number of halogens is 2. The van der Waals surface area contributed by atoms with Crippen LogP contribution in [0.25, 0.3) is 10.8 Å². The van der Waals surface area contributed by atoms with Crippen molar-refractivity contribution in [2.24, 2.45) is 10.2 Å². The van der Waals surface area contributed by atoms with Gasteiger partial charge in [-0.1, -0.05) is 60.5 Å². The van der Waals surface area contributed by atoms with Crippen molar-refractivity contribution in [2.75, 3.05) is 11.9 Å². The first-order valence-corrected chi connectivity index (χ1v) is 13.9. The average Bonchev–Trinajstić information content (AvgIpc) is 2.89. The van der Waals surface area contributed by atoms with Crippen LogP contribution in [0.15, 0.2) is 75.8 Å². The highest BCUT2D eigenvalue weighted by atomic mass is 35.5. The minimum Gasteiger partial charge on any atom is -0.505 e. The molecule has 12 heteroatoms. The van der Waals surface area contributed by atoms with E-state index in [2.05, 4.69) is 15.5 Å². The first-order valence-electron chi connectivity index (χ1n) is 11.7. The molecule has 0 heterocycles. The fraction of sp³-hybridized carbons (Fsp3) is 0.148. The number of azo groups is 1. The van der Waals surface area contributed by atoms with Gasteiger partial charge in [0.1, 0.15) is 22.0 Å². The van der Waals surface area contributed by atoms with E-state index in [0.29, 0.717) is 45.8 Å². The lowest BCUT2D eigenvalue weighted by molar-refractivity contribution is 0.102. The number of hydrogen-bond acceptors (Lipinski definition) is 7. The van der Waals surface area contributed by atoms with E-state index in [1.54, 1.807) is 49.4 Å². The molecule has 0 saturated carbocycles. The zero-order valence-electron chi connectivity index (χ0n) is 20.8. The summed E-state index contributed by atoms with van der Waals surface area (Å²) in [6.45, 7) is 4.00. The number of nitrogens with zero attached hydrogens (tertiary/aromatic N) is 2. The van der Waals surface area contributed by atoms with Gasteiger partial charge in [0, 0.05) is 17.1 Å². The van der Waals surface area contributed by atoms with Gasteiger partial charge < -0.3 is 15.2 Å². The van der Waals surface area contributed by atoms with Gasteiger partial charge in [-0.25, -0.2) is 0 Å². The van der Waals surface area contributed by atoms with Crippen molar-refractivity contribution in [1.29, 1.82) is 0 Å². The predicted octanol–water partition coefficient (Wildman–Crippen LogP) is 7.73. The van der Waals surface area contributed by atoms with Crippen LogP contribution in [-0.2, 0) is 16.5 Å². The van der Waals surface area contributed by atoms with Gasteiger partial charge in [-0.3, -0.25) is 9.35 Å². The number of fused-ring (bicyclic) bond motifs is 1. The largest absolute Gasteiger partial charge is 0.505 e. The van der Waals surface area contributed by atoms with Gasteiger partial charge in [0.2, 0.25) is 0 Å². The molecule has 0 aliphatic rings. The van der Waals surface area contributed by atoms with E-state index >= 15 is 0 Å². The molecule has 0 radical (unpaired) electrons. The number of carbonyl (C=O) groups excluding carboxylic acids is 1. The smallest absolute Gasteiger partial charge is 0.296 e. The number of amides is 1. The molecule has 0 aromatic heterocycles. The molecule has 0 aliphatic carbocycles. The number of ether oxygens (including phenoxy) is 1. The molecule has 0 bridgehead atoms. The second kappa shape index (κ2) is 11.6. The number of nitrogens with one attached hydrogen (secondary N) is 1. The Balaban J connectivity index is 1.81. The Morgan fingerprint density at radius 1 is 1.00 bits per heavy atom. The standard InChI is InChI=1S/C27H23Cl2N3O6S/c1-3-15-9-12-22(39(35,36)37)23(29)24(15)31-32-25-18-8-6-5-7-16(18)13-19(26(25)33)27(34)30-17-10-11-20(28)21(14-17)38-4-2/h5-14,33H,3-4H2,1-2H3,(H,30,34)(H,35,36,37). The van der Waals surface area contributed by atoms with E-state index in [1.165, 1.54) is 18.2 Å². The summed E-state index contributed by atoms with van der Waals surface area (Å²) in [5.74, 6) is -0.681. The maximum absolute atomic E-state index is 13.2. The Labute approximate surface area is 234 Å². The lowest BCUT2D eigenvalue weighted by Crippen LogP contribution is -2.12. The monoisotopic (exact) mass is 587 g/mol. The van der Waals surface area contributed by atoms with E-state index in [4.69, 9.17) is 27.9 Å². The third-order valence-corrected chi connectivity index (χ3v) is 7.50. The molecule has 4 aromatic rings. The maximum atomic E-state index is 13.2. The molecular weight excluding hydrogens is 565 g/mol. The van der Waals surface area contributed by atoms with Gasteiger partial charge in [0.25, 0.3) is 16.0 Å². The van der Waals surface area contributed by atoms with Crippen LogP contribution >= 0.6 is 23.2 Å². The van der Waals surface area contributed by atoms with Crippen molar-refractivity contribution in [2.45, 2.75) is 25.2 Å². The first kappa shape index (κ1) is 28.3. The van der Waals surface area contributed by atoms with Gasteiger partial charge in [0.15, 0.2) is 5.75 Å². The SMILES string of the molecule is CCOc1cc(NC(=O)c2cc3ccccc3c(N=Nc3c(CC)ccc(S(=O)(=O)O)c3Cl)c2O)ccc1Cl. The molecule has 0 saturated heterocycles. The number of phenols is 1. The molecule has 202 valence electrons. The van der Waals surface area contributed by atoms with E-state index in [0.717, 1.165) is 0 Å². The lowest BCUT2D eigenvalue weighted by atomic mass is 10.0. The van der Waals surface area contributed by atoms with Crippen LogP contribution in [0.4, 0.5) is 17.1 Å². The van der Waals surface area contributed by atoms with Crippen LogP contribution in [0.5, 0.6) is 11.5 Å². The van der Waals surface area contributed by atoms with Crippen LogP contribution in [-0.4, -0.2) is 30.6 Å². The second-order valence-corrected chi connectivity index (χ2v) is 10.5. The molecule has 4 aromatic carbocycles. The molecule has 1 amide bonds. The molecule has 0 atom stereocenters. The highest BCUT2D eigenvalue weighted by molar-refractivity contribution is 7.86. The third kappa shape index (κ3) is 5.99. The zero-order chi connectivity index (χ0) is 28.3. The summed E-state index contributed by atoms with van der Waals surface area (Å²) in [6, 6.07) is 15.8. The summed E-state index contributed by atoms with van der Waals surface area (Å²) in [6.07, 6.45) is 0.430. The van der Waals surface area contributed by atoms with E-state index < -0.39 is 26.7 Å². The Morgan fingerprint density at radius 2 is 1.72 bits per heavy atom. The van der Waals surface area contributed by atoms with Gasteiger partial charge in [-0.2, -0.15) is 8.42 Å². The Kier molecular flexibility index (Phi) is 8.41. The molecule has 0 spiro atoms. The minimum atomic E-state index is -4.62. The number of rotatable bonds is 8. The molecule has 9 nitrogen and oxygen atoms in total. The lowest BCUT2D eigenvalue weighted by Gasteiger charge is -2.13. The third-order valence-electron chi connectivity index (χ3n) is 5.80. The topological polar surface area (TPSA) is 138 Å². The van der Waals surface area contributed by atoms with Crippen molar-refractivity contribution in [3.05, 3.63) is 81.8 Å². The fourth-order valence-electron chi connectivity index (χ4n) is 3.92. The second-order valence-electron chi connectivity index (χ2n) is 8.29. The molecule has 0 aliphatic heterocycles. The van der Waals surface area contributed by atoms with Crippen LogP contribution in [0.1, 0.15) is 29.8 Å². The Bertz CT molecular complexity index is 1720. The van der Waals surface area contributed by atoms with Gasteiger partial charge in [-0.05, 0) is 48.6 Å². The summed E-state index contributed by atoms with van der Waals surface area (Å²) in [4.78, 5) is 12.7. The Morgan fingerprint density at radius 3 is 2.41 bits per heavy atom. The van der Waals surface area contributed by atoms with E-state index in [9.17, 15) is 22.9 Å². The molecule has 4 rings (SSSR count). The van der Waals surface area contributed by atoms with E-state index in [-0.39, 0.29) is 22.0 Å². The highest BCUT2D eigenvalue weighted by Crippen LogP contribution is 2.42. The summed E-state index contributed by atoms with van der Waals surface area (Å²) in [7, 11) is -4.62. The van der Waals surface area contributed by atoms with Crippen LogP contribution in [0.2, 0.25) is 10.0 Å². The van der Waals surface area contributed by atoms with Crippen LogP contribution in [0, 0.1) is 0 Å². The summed E-state index contributed by atoms with van der Waals surface area (Å²) in [5.41, 5.74) is 0.854. The quantitative estimate of drug-likeness (QED) is 0.142. The zero-order valence-corrected chi connectivity index (χ0v) is 23.1. The molecular formula is C27H23Cl2N3O6S. The van der Waals surface area contributed by atoms with E-state index in [1.807, 2.05) is 6.92 Å². The number of carbonyl (C=O) groups is 1. The number of hydrogen-bond donors (Lipinski definition) is 3. The van der Waals surface area contributed by atoms with Gasteiger partial charge in [-0.15, -0.1) is 10.2 Å². The van der Waals surface area contributed by atoms with Crippen molar-refractivity contribution < 1.29 is 27.6 Å². The van der Waals surface area contributed by atoms with Crippen LogP contribution in [0.3, 0.4) is 0 Å². The van der Waals surface area contributed by atoms with Crippen molar-refractivity contribution in [3.63, 3.8) is 0 Å². The normalized spacial score (nSPS) is 11.7. The molecule has 0 unspecified atom stereocenters. The number of aromatic hydroxyl groups is 1. The van der Waals surface area contributed by atoms with Crippen molar-refractivity contribution in [1.82, 2.24) is 0 Å². The average molecular weight is 588 g/mol. The number of benzene rings is 4. The number of phenolic OH excluding ortho intramolecular Hbond substituents is 1. The predicted molar refractivity (Wildman–Crippen MR) is 151 cm³/mol. The number of anilines is 1. The van der Waals surface area contributed by atoms with Crippen molar-refractivity contribution in [3.8, 4) is 11.5 Å². The number of aryl methyl sites for hydroxylation is 1. The molecule has 39 heavy (non-hydrogen) atoms. The minimum absolute atomic E-state index is 0.0113. The van der Waals surface area contributed by atoms with Gasteiger partial charge >= 0.3 is 0 Å². The highest BCUT2D eigenvalue weighted by Gasteiger charge is 2.22. The fourth-order valence-corrected chi connectivity index (χ4v) is 5.17. The first-order chi connectivity index (χ1) is 18.5. The molecule has 3 N–H and O–H groups in total. The summed E-state index contributed by atoms with van der Waals surface area (Å²) in [5, 5.41) is 23.4. The van der Waals surface area contributed by atoms with Crippen LogP contribution < -0.4 is 10.1 Å². The summed E-state index contributed by atoms with van der Waals surface area (Å²) >= 11 is 12.4. The van der Waals surface area contributed by atoms with Gasteiger partial charge in [0.05, 0.1) is 22.2 Å².